The van der Waals surface area contributed by atoms with Crippen molar-refractivity contribution in [1.82, 2.24) is 5.06 Å². The Morgan fingerprint density at radius 3 is 2.48 bits per heavy atom. The Bertz CT molecular complexity index is 526. The molecule has 0 aromatic rings. The number of rotatable bonds is 2. The fourth-order valence-corrected chi connectivity index (χ4v) is 3.22. The highest BCUT2D eigenvalue weighted by Crippen LogP contribution is 2.51. The Kier molecular flexibility index (Phi) is 3.79. The Morgan fingerprint density at radius 2 is 2.00 bits per heavy atom. The molecule has 0 bridgehead atoms. The number of hydrogen-bond acceptors (Lipinski definition) is 6. The lowest BCUT2D eigenvalue weighted by Gasteiger charge is -2.40. The molecule has 0 unspecified atom stereocenters. The lowest BCUT2D eigenvalue weighted by atomic mass is 9.63. The van der Waals surface area contributed by atoms with Crippen molar-refractivity contribution in [3.05, 3.63) is 24.3 Å². The van der Waals surface area contributed by atoms with Crippen molar-refractivity contribution < 1.29 is 29.7 Å². The monoisotopic (exact) mass is 297 g/mol. The first kappa shape index (κ1) is 15.8. The lowest BCUT2D eigenvalue weighted by Crippen LogP contribution is -2.58. The normalized spacial score (nSPS) is 43.5. The smallest absolute Gasteiger partial charge is 0.262 e. The van der Waals surface area contributed by atoms with Crippen molar-refractivity contribution in [3.63, 3.8) is 0 Å². The summed E-state index contributed by atoms with van der Waals surface area (Å²) in [6.45, 7) is 2.90. The average Bonchev–Trinajstić information content (AvgIpc) is 2.57. The van der Waals surface area contributed by atoms with Gasteiger partial charge in [-0.05, 0) is 19.9 Å². The van der Waals surface area contributed by atoms with E-state index >= 15 is 0 Å². The first-order valence-corrected chi connectivity index (χ1v) is 6.58. The van der Waals surface area contributed by atoms with Crippen LogP contribution in [0.1, 0.15) is 13.8 Å². The maximum atomic E-state index is 12.7. The van der Waals surface area contributed by atoms with Gasteiger partial charge < -0.3 is 15.3 Å². The van der Waals surface area contributed by atoms with Crippen molar-refractivity contribution >= 4 is 11.7 Å². The van der Waals surface area contributed by atoms with Crippen LogP contribution in [0.25, 0.3) is 0 Å². The largest absolute Gasteiger partial charge is 0.387 e. The molecule has 2 rings (SSSR count). The number of hydrogen-bond donors (Lipinski definition) is 3. The predicted molar refractivity (Wildman–Crippen MR) is 71.4 cm³/mol. The summed E-state index contributed by atoms with van der Waals surface area (Å²) < 4.78 is 0. The Hall–Kier alpha value is -1.54. The second-order valence-electron chi connectivity index (χ2n) is 5.43. The number of nitrogens with zero attached hydrogens (tertiary/aromatic N) is 1. The summed E-state index contributed by atoms with van der Waals surface area (Å²) in [5.74, 6) is -2.28. The van der Waals surface area contributed by atoms with E-state index in [2.05, 4.69) is 0 Å². The molecule has 1 aliphatic heterocycles. The second-order valence-corrected chi connectivity index (χ2v) is 5.43. The van der Waals surface area contributed by atoms with Gasteiger partial charge in [-0.1, -0.05) is 18.2 Å². The first-order chi connectivity index (χ1) is 9.76. The van der Waals surface area contributed by atoms with Gasteiger partial charge in [0, 0.05) is 5.92 Å². The van der Waals surface area contributed by atoms with Crippen LogP contribution in [0.2, 0.25) is 0 Å². The number of carbonyl (C=O) groups excluding carboxylic acids is 2. The van der Waals surface area contributed by atoms with Gasteiger partial charge in [0.1, 0.15) is 17.6 Å². The van der Waals surface area contributed by atoms with Gasteiger partial charge in [-0.3, -0.25) is 14.4 Å². The zero-order valence-corrected chi connectivity index (χ0v) is 12.1. The summed E-state index contributed by atoms with van der Waals surface area (Å²) >= 11 is 0. The molecule has 1 heterocycles. The summed E-state index contributed by atoms with van der Waals surface area (Å²) in [5, 5.41) is 31.8. The molecule has 2 aliphatic rings. The van der Waals surface area contributed by atoms with Crippen LogP contribution in [-0.4, -0.2) is 57.1 Å². The molecule has 0 aromatic carbocycles. The van der Waals surface area contributed by atoms with Gasteiger partial charge in [0.25, 0.3) is 5.91 Å². The van der Waals surface area contributed by atoms with Gasteiger partial charge in [0.2, 0.25) is 0 Å². The third-order valence-electron chi connectivity index (χ3n) is 4.26. The Balaban J connectivity index is 2.68. The molecule has 5 atom stereocenters. The van der Waals surface area contributed by atoms with Crippen molar-refractivity contribution in [3.8, 4) is 0 Å². The van der Waals surface area contributed by atoms with Crippen molar-refractivity contribution in [2.24, 2.45) is 11.3 Å². The average molecular weight is 297 g/mol. The quantitative estimate of drug-likeness (QED) is 0.572. The van der Waals surface area contributed by atoms with E-state index in [1.165, 1.54) is 19.1 Å². The minimum Gasteiger partial charge on any atom is -0.387 e. The first-order valence-electron chi connectivity index (χ1n) is 6.58. The van der Waals surface area contributed by atoms with E-state index in [0.717, 1.165) is 7.11 Å². The molecular formula is C14H19NO6. The van der Waals surface area contributed by atoms with Crippen molar-refractivity contribution in [2.75, 3.05) is 7.11 Å². The predicted octanol–water partition coefficient (Wildman–Crippen LogP) is -0.862. The van der Waals surface area contributed by atoms with E-state index in [0.29, 0.717) is 5.06 Å². The molecule has 0 saturated carbocycles. The zero-order valence-electron chi connectivity index (χ0n) is 12.1. The van der Waals surface area contributed by atoms with Crippen LogP contribution in [-0.2, 0) is 14.4 Å². The van der Waals surface area contributed by atoms with Crippen LogP contribution in [0.4, 0.5) is 0 Å². The third-order valence-corrected chi connectivity index (χ3v) is 4.26. The molecule has 21 heavy (non-hydrogen) atoms. The Labute approximate surface area is 122 Å². The van der Waals surface area contributed by atoms with E-state index in [1.807, 2.05) is 0 Å². The number of hydroxylamine groups is 2. The van der Waals surface area contributed by atoms with Crippen LogP contribution in [0, 0.1) is 11.3 Å². The summed E-state index contributed by atoms with van der Waals surface area (Å²) in [7, 11) is 1.16. The number of amides is 1. The van der Waals surface area contributed by atoms with E-state index < -0.39 is 41.0 Å². The molecular weight excluding hydrogens is 278 g/mol. The minimum atomic E-state index is -2.06. The fourth-order valence-electron chi connectivity index (χ4n) is 3.22. The summed E-state index contributed by atoms with van der Waals surface area (Å²) in [5.41, 5.74) is -3.96. The third kappa shape index (κ3) is 1.82. The van der Waals surface area contributed by atoms with Gasteiger partial charge in [0.15, 0.2) is 11.5 Å². The fraction of sp³-hybridized carbons (Fsp3) is 0.571. The number of aliphatic hydroxyl groups is 3. The molecule has 1 fully saturated rings. The van der Waals surface area contributed by atoms with Gasteiger partial charge in [0.05, 0.1) is 7.11 Å². The lowest BCUT2D eigenvalue weighted by molar-refractivity contribution is -0.263. The van der Waals surface area contributed by atoms with Crippen LogP contribution in [0.3, 0.4) is 0 Å². The van der Waals surface area contributed by atoms with E-state index in [9.17, 15) is 24.9 Å². The number of carbonyl (C=O) groups is 2. The maximum Gasteiger partial charge on any atom is 0.262 e. The van der Waals surface area contributed by atoms with Gasteiger partial charge in [-0.15, -0.1) is 0 Å². The highest BCUT2D eigenvalue weighted by molar-refractivity contribution is 6.02. The SMILES string of the molecule is C/C=C/[C@H]1C=CC(=O)[C@@H](O)[C@@]12C(=O)N(OC)[C@@](C)(O)[C@H]2O. The van der Waals surface area contributed by atoms with Crippen LogP contribution in [0.15, 0.2) is 24.3 Å². The molecule has 0 radical (unpaired) electrons. The molecule has 1 aliphatic carbocycles. The second kappa shape index (κ2) is 5.03. The number of ketones is 1. The maximum absolute atomic E-state index is 12.7. The van der Waals surface area contributed by atoms with E-state index in [-0.39, 0.29) is 0 Å². The summed E-state index contributed by atoms with van der Waals surface area (Å²) in [6.07, 6.45) is 2.36. The van der Waals surface area contributed by atoms with Gasteiger partial charge >= 0.3 is 0 Å². The molecule has 0 aromatic heterocycles. The zero-order chi connectivity index (χ0) is 16.0. The molecule has 7 heteroatoms. The van der Waals surface area contributed by atoms with Crippen molar-refractivity contribution in [2.45, 2.75) is 31.8 Å². The number of allylic oxidation sites excluding steroid dienone is 3. The van der Waals surface area contributed by atoms with Gasteiger partial charge in [-0.25, -0.2) is 0 Å². The van der Waals surface area contributed by atoms with Crippen LogP contribution >= 0.6 is 0 Å². The topological polar surface area (TPSA) is 107 Å². The number of aliphatic hydroxyl groups excluding tert-OH is 2. The summed E-state index contributed by atoms with van der Waals surface area (Å²) in [4.78, 5) is 29.4. The molecule has 3 N–H and O–H groups in total. The van der Waals surface area contributed by atoms with E-state index in [1.54, 1.807) is 19.1 Å². The molecule has 1 amide bonds. The van der Waals surface area contributed by atoms with Crippen LogP contribution in [0.5, 0.6) is 0 Å². The summed E-state index contributed by atoms with van der Waals surface area (Å²) in [6, 6.07) is 0. The molecule has 7 nitrogen and oxygen atoms in total. The minimum absolute atomic E-state index is 0.601. The molecule has 116 valence electrons. The highest BCUT2D eigenvalue weighted by atomic mass is 16.7. The standard InChI is InChI=1S/C14H19NO6/c1-4-5-8-6-7-9(16)10(17)14(8)11(18)13(2,20)15(21-3)12(14)19/h4-8,10-11,17-18,20H,1-3H3/b5-4+/t8-,10+,11+,13-,14-/m0/s1. The Morgan fingerprint density at radius 1 is 1.38 bits per heavy atom. The van der Waals surface area contributed by atoms with Crippen molar-refractivity contribution in [1.29, 1.82) is 0 Å². The molecule has 1 saturated heterocycles. The van der Waals surface area contributed by atoms with E-state index in [4.69, 9.17) is 4.84 Å². The van der Waals surface area contributed by atoms with Gasteiger partial charge in [-0.2, -0.15) is 5.06 Å². The van der Waals surface area contributed by atoms with Crippen LogP contribution < -0.4 is 0 Å². The molecule has 1 spiro atoms. The highest BCUT2D eigenvalue weighted by Gasteiger charge is 2.72.